The van der Waals surface area contributed by atoms with E-state index in [2.05, 4.69) is 10.1 Å². The normalized spacial score (nSPS) is 9.67. The minimum Gasteiger partial charge on any atom is -0.433 e. The lowest BCUT2D eigenvalue weighted by atomic mass is 10.1. The van der Waals surface area contributed by atoms with Crippen LogP contribution >= 0.6 is 11.6 Å². The highest BCUT2D eigenvalue weighted by molar-refractivity contribution is 6.17. The Hall–Kier alpha value is -0.970. The van der Waals surface area contributed by atoms with Gasteiger partial charge in [0.15, 0.2) is 6.07 Å². The van der Waals surface area contributed by atoms with Crippen molar-refractivity contribution in [3.63, 3.8) is 0 Å². The van der Waals surface area contributed by atoms with Gasteiger partial charge in [-0.2, -0.15) is 0 Å². The van der Waals surface area contributed by atoms with Gasteiger partial charge < -0.3 is 15.8 Å². The zero-order valence-corrected chi connectivity index (χ0v) is 9.39. The zero-order chi connectivity index (χ0) is 11.5. The van der Waals surface area contributed by atoms with Crippen molar-refractivity contribution in [3.8, 4) is 0 Å². The molecule has 0 heterocycles. The third kappa shape index (κ3) is 11.0. The molecule has 5 nitrogen and oxygen atoms in total. The van der Waals surface area contributed by atoms with E-state index in [1.54, 1.807) is 0 Å². The minimum absolute atomic E-state index is 0.134. The molecule has 0 aliphatic rings. The van der Waals surface area contributed by atoms with Crippen molar-refractivity contribution in [1.82, 2.24) is 5.32 Å². The zero-order valence-electron chi connectivity index (χ0n) is 8.63. The summed E-state index contributed by atoms with van der Waals surface area (Å²) in [4.78, 5) is 21.1. The first-order valence-electron chi connectivity index (χ1n) is 4.91. The number of carbonyl (C=O) groups excluding carboxylic acids is 2. The number of rotatable bonds is 8. The van der Waals surface area contributed by atoms with Crippen LogP contribution in [0.3, 0.4) is 0 Å². The van der Waals surface area contributed by atoms with E-state index in [-0.39, 0.29) is 12.0 Å². The first kappa shape index (κ1) is 14.0. The molecule has 0 rings (SSSR count). The highest BCUT2D eigenvalue weighted by Crippen LogP contribution is 2.01. The number of hydrogen-bond donors (Lipinski definition) is 2. The summed E-state index contributed by atoms with van der Waals surface area (Å²) in [6.45, 7) is 0.562. The molecule has 0 saturated carbocycles. The second-order valence-corrected chi connectivity index (χ2v) is 3.32. The maximum Gasteiger partial charge on any atom is 0.408 e. The molecule has 0 unspecified atom stereocenters. The Morgan fingerprint density at radius 2 is 1.87 bits per heavy atom. The average molecular weight is 237 g/mol. The predicted molar refractivity (Wildman–Crippen MR) is 57.5 cm³/mol. The third-order valence-corrected chi connectivity index (χ3v) is 1.91. The molecule has 0 aliphatic carbocycles. The van der Waals surface area contributed by atoms with Crippen LogP contribution in [-0.2, 0) is 9.53 Å². The van der Waals surface area contributed by atoms with Crippen LogP contribution in [0.2, 0.25) is 0 Å². The predicted octanol–water partition coefficient (Wildman–Crippen LogP) is 1.34. The number of alkyl halides is 1. The van der Waals surface area contributed by atoms with Gasteiger partial charge >= 0.3 is 6.09 Å². The second kappa shape index (κ2) is 9.58. The Balaban J connectivity index is 3.11. The van der Waals surface area contributed by atoms with Crippen molar-refractivity contribution < 1.29 is 14.3 Å². The number of halogens is 1. The molecule has 2 amide bonds. The minimum atomic E-state index is -0.498. The van der Waals surface area contributed by atoms with Gasteiger partial charge in [0.1, 0.15) is 0 Å². The summed E-state index contributed by atoms with van der Waals surface area (Å²) < 4.78 is 4.46. The fourth-order valence-electron chi connectivity index (χ4n) is 1.07. The molecular formula is C9H17ClN2O3. The molecule has 0 spiro atoms. The van der Waals surface area contributed by atoms with Crippen molar-refractivity contribution in [3.05, 3.63) is 0 Å². The van der Waals surface area contributed by atoms with Crippen molar-refractivity contribution in [2.75, 3.05) is 12.6 Å². The maximum absolute atomic E-state index is 10.7. The van der Waals surface area contributed by atoms with Gasteiger partial charge in [0, 0.05) is 13.0 Å². The first-order chi connectivity index (χ1) is 7.16. The molecule has 6 heteroatoms. The Labute approximate surface area is 94.3 Å². The summed E-state index contributed by atoms with van der Waals surface area (Å²) in [5.74, 6) is -0.265. The van der Waals surface area contributed by atoms with E-state index in [9.17, 15) is 9.59 Å². The maximum atomic E-state index is 10.7. The number of carbonyl (C=O) groups is 2. The van der Waals surface area contributed by atoms with Gasteiger partial charge in [0.2, 0.25) is 5.91 Å². The van der Waals surface area contributed by atoms with Crippen molar-refractivity contribution in [2.45, 2.75) is 32.1 Å². The molecule has 0 atom stereocenters. The van der Waals surface area contributed by atoms with Crippen molar-refractivity contribution >= 4 is 23.6 Å². The molecule has 0 aromatic heterocycles. The fraction of sp³-hybridized carbons (Fsp3) is 0.778. The van der Waals surface area contributed by atoms with Crippen LogP contribution in [0.5, 0.6) is 0 Å². The van der Waals surface area contributed by atoms with Gasteiger partial charge in [0.25, 0.3) is 0 Å². The van der Waals surface area contributed by atoms with E-state index in [1.165, 1.54) is 0 Å². The number of hydrogen-bond acceptors (Lipinski definition) is 3. The lowest BCUT2D eigenvalue weighted by Crippen LogP contribution is -2.24. The molecule has 0 aliphatic heterocycles. The number of unbranched alkanes of at least 4 members (excludes halogenated alkanes) is 3. The summed E-state index contributed by atoms with van der Waals surface area (Å²) >= 11 is 5.18. The van der Waals surface area contributed by atoms with E-state index < -0.39 is 6.09 Å². The molecule has 15 heavy (non-hydrogen) atoms. The number of amides is 2. The summed E-state index contributed by atoms with van der Waals surface area (Å²) in [5, 5.41) is 2.55. The molecule has 0 aromatic carbocycles. The number of primary amides is 1. The Bertz CT molecular complexity index is 200. The van der Waals surface area contributed by atoms with Crippen LogP contribution in [0.15, 0.2) is 0 Å². The molecule has 0 aromatic rings. The van der Waals surface area contributed by atoms with Crippen LogP contribution in [-0.4, -0.2) is 24.6 Å². The second-order valence-electron chi connectivity index (χ2n) is 3.10. The third-order valence-electron chi connectivity index (χ3n) is 1.80. The van der Waals surface area contributed by atoms with Crippen LogP contribution in [0.4, 0.5) is 4.79 Å². The van der Waals surface area contributed by atoms with E-state index in [1.807, 2.05) is 0 Å². The molecule has 3 N–H and O–H groups in total. The lowest BCUT2D eigenvalue weighted by molar-refractivity contribution is -0.118. The number of nitrogens with one attached hydrogen (secondary N) is 1. The summed E-state index contributed by atoms with van der Waals surface area (Å²) in [6, 6.07) is -0.134. The van der Waals surface area contributed by atoms with Crippen molar-refractivity contribution in [2.24, 2.45) is 5.73 Å². The topological polar surface area (TPSA) is 81.4 Å². The van der Waals surface area contributed by atoms with Gasteiger partial charge in [0.05, 0.1) is 0 Å². The summed E-state index contributed by atoms with van der Waals surface area (Å²) in [5.41, 5.74) is 4.98. The van der Waals surface area contributed by atoms with Gasteiger partial charge in [-0.15, -0.1) is 0 Å². The van der Waals surface area contributed by atoms with E-state index >= 15 is 0 Å². The number of ether oxygens (including phenoxy) is 1. The Kier molecular flexibility index (Phi) is 8.96. The molecular weight excluding hydrogens is 220 g/mol. The first-order valence-corrected chi connectivity index (χ1v) is 5.45. The number of nitrogens with two attached hydrogens (primary N) is 1. The Morgan fingerprint density at radius 3 is 2.47 bits per heavy atom. The molecule has 0 fully saturated rings. The summed E-state index contributed by atoms with van der Waals surface area (Å²) in [6.07, 6.45) is 3.49. The monoisotopic (exact) mass is 236 g/mol. The lowest BCUT2D eigenvalue weighted by Gasteiger charge is -2.03. The van der Waals surface area contributed by atoms with Crippen LogP contribution in [0.1, 0.15) is 32.1 Å². The average Bonchev–Trinajstić information content (AvgIpc) is 2.16. The smallest absolute Gasteiger partial charge is 0.408 e. The standard InChI is InChI=1S/C9H17ClN2O3/c10-7-15-9(14)12-6-4-2-1-3-5-8(11)13/h1-7H2,(H2,11,13)(H,12,14). The molecule has 88 valence electrons. The largest absolute Gasteiger partial charge is 0.433 e. The van der Waals surface area contributed by atoms with Gasteiger partial charge in [-0.25, -0.2) is 4.79 Å². The SMILES string of the molecule is NC(=O)CCCCCCNC(=O)OCCl. The highest BCUT2D eigenvalue weighted by atomic mass is 35.5. The summed E-state index contributed by atoms with van der Waals surface area (Å²) in [7, 11) is 0. The van der Waals surface area contributed by atoms with Gasteiger partial charge in [-0.05, 0) is 12.8 Å². The quantitative estimate of drug-likeness (QED) is 0.493. The van der Waals surface area contributed by atoms with Crippen LogP contribution < -0.4 is 11.1 Å². The van der Waals surface area contributed by atoms with Crippen molar-refractivity contribution in [1.29, 1.82) is 0 Å². The molecule has 0 bridgehead atoms. The van der Waals surface area contributed by atoms with Crippen LogP contribution in [0.25, 0.3) is 0 Å². The number of alkyl carbamates (subject to hydrolysis) is 1. The van der Waals surface area contributed by atoms with E-state index in [4.69, 9.17) is 17.3 Å². The van der Waals surface area contributed by atoms with Gasteiger partial charge in [-0.1, -0.05) is 24.4 Å². The molecule has 0 radical (unpaired) electrons. The van der Waals surface area contributed by atoms with Gasteiger partial charge in [-0.3, -0.25) is 4.79 Å². The fourth-order valence-corrected chi connectivity index (χ4v) is 1.17. The van der Waals surface area contributed by atoms with Crippen LogP contribution in [0, 0.1) is 0 Å². The molecule has 0 saturated heterocycles. The highest BCUT2D eigenvalue weighted by Gasteiger charge is 1.99. The van der Waals surface area contributed by atoms with E-state index in [0.717, 1.165) is 25.7 Å². The Morgan fingerprint density at radius 1 is 1.20 bits per heavy atom. The van der Waals surface area contributed by atoms with E-state index in [0.29, 0.717) is 13.0 Å².